The summed E-state index contributed by atoms with van der Waals surface area (Å²) < 4.78 is 18.3. The first-order chi connectivity index (χ1) is 12.2. The maximum Gasteiger partial charge on any atom is 0.203 e. The predicted molar refractivity (Wildman–Crippen MR) is 98.5 cm³/mol. The Balaban J connectivity index is 1.43. The molecule has 25 heavy (non-hydrogen) atoms. The highest BCUT2D eigenvalue weighted by Gasteiger charge is 2.26. The van der Waals surface area contributed by atoms with Crippen molar-refractivity contribution in [3.05, 3.63) is 54.0 Å². The van der Waals surface area contributed by atoms with E-state index in [4.69, 9.17) is 0 Å². The Morgan fingerprint density at radius 2 is 2.20 bits per heavy atom. The SMILES string of the molecule is Cc1cccc(-c2nsc(NC3CCN(c4ncccc4F)C3)n2)c1. The van der Waals surface area contributed by atoms with Crippen LogP contribution in [0.5, 0.6) is 0 Å². The van der Waals surface area contributed by atoms with Gasteiger partial charge in [0.25, 0.3) is 0 Å². The maximum absolute atomic E-state index is 13.9. The summed E-state index contributed by atoms with van der Waals surface area (Å²) in [7, 11) is 0. The zero-order valence-electron chi connectivity index (χ0n) is 13.8. The van der Waals surface area contributed by atoms with Gasteiger partial charge >= 0.3 is 0 Å². The minimum atomic E-state index is -0.277. The van der Waals surface area contributed by atoms with Crippen LogP contribution in [-0.2, 0) is 0 Å². The predicted octanol–water partition coefficient (Wildman–Crippen LogP) is 3.74. The summed E-state index contributed by atoms with van der Waals surface area (Å²) in [5.41, 5.74) is 2.21. The van der Waals surface area contributed by atoms with E-state index in [9.17, 15) is 4.39 Å². The van der Waals surface area contributed by atoms with Crippen LogP contribution in [0.15, 0.2) is 42.6 Å². The lowest BCUT2D eigenvalue weighted by Crippen LogP contribution is -2.27. The van der Waals surface area contributed by atoms with E-state index in [0.29, 0.717) is 12.4 Å². The van der Waals surface area contributed by atoms with Gasteiger partial charge in [-0.05, 0) is 31.5 Å². The molecule has 1 aliphatic heterocycles. The molecule has 1 N–H and O–H groups in total. The molecular formula is C18H18FN5S. The summed E-state index contributed by atoms with van der Waals surface area (Å²) in [6.07, 6.45) is 2.54. The molecule has 128 valence electrons. The molecule has 1 fully saturated rings. The molecule has 0 amide bonds. The first-order valence-corrected chi connectivity index (χ1v) is 8.99. The van der Waals surface area contributed by atoms with Gasteiger partial charge in [-0.15, -0.1) is 0 Å². The van der Waals surface area contributed by atoms with Crippen LogP contribution < -0.4 is 10.2 Å². The fourth-order valence-electron chi connectivity index (χ4n) is 3.04. The van der Waals surface area contributed by atoms with E-state index in [-0.39, 0.29) is 11.9 Å². The number of rotatable bonds is 4. The molecular weight excluding hydrogens is 337 g/mol. The summed E-state index contributed by atoms with van der Waals surface area (Å²) in [5.74, 6) is 0.882. The Hall–Kier alpha value is -2.54. The van der Waals surface area contributed by atoms with E-state index in [1.807, 2.05) is 17.0 Å². The quantitative estimate of drug-likeness (QED) is 0.773. The van der Waals surface area contributed by atoms with Crippen molar-refractivity contribution in [1.82, 2.24) is 14.3 Å². The summed E-state index contributed by atoms with van der Waals surface area (Å²) in [6, 6.07) is 11.4. The van der Waals surface area contributed by atoms with Gasteiger partial charge in [-0.1, -0.05) is 23.8 Å². The molecule has 0 spiro atoms. The Bertz CT molecular complexity index is 881. The molecule has 1 atom stereocenters. The number of halogens is 1. The molecule has 0 bridgehead atoms. The second-order valence-corrected chi connectivity index (χ2v) is 6.93. The minimum absolute atomic E-state index is 0.208. The van der Waals surface area contributed by atoms with Crippen molar-refractivity contribution in [1.29, 1.82) is 0 Å². The van der Waals surface area contributed by atoms with Crippen LogP contribution in [0.1, 0.15) is 12.0 Å². The number of benzene rings is 1. The minimum Gasteiger partial charge on any atom is -0.356 e. The smallest absolute Gasteiger partial charge is 0.203 e. The molecule has 3 heterocycles. The third-order valence-corrected chi connectivity index (χ3v) is 4.90. The van der Waals surface area contributed by atoms with Crippen molar-refractivity contribution in [2.45, 2.75) is 19.4 Å². The average molecular weight is 355 g/mol. The number of hydrogen-bond acceptors (Lipinski definition) is 6. The van der Waals surface area contributed by atoms with E-state index in [0.717, 1.165) is 29.5 Å². The molecule has 1 unspecified atom stereocenters. The molecule has 7 heteroatoms. The van der Waals surface area contributed by atoms with Crippen molar-refractivity contribution < 1.29 is 4.39 Å². The lowest BCUT2D eigenvalue weighted by atomic mass is 10.1. The number of pyridine rings is 1. The van der Waals surface area contributed by atoms with Gasteiger partial charge < -0.3 is 10.2 Å². The number of nitrogens with zero attached hydrogens (tertiary/aromatic N) is 4. The number of aryl methyl sites for hydroxylation is 1. The van der Waals surface area contributed by atoms with E-state index in [1.165, 1.54) is 23.2 Å². The van der Waals surface area contributed by atoms with Gasteiger partial charge in [-0.25, -0.2) is 9.37 Å². The molecule has 1 aromatic carbocycles. The Labute approximate surface area is 149 Å². The fourth-order valence-corrected chi connectivity index (χ4v) is 3.70. The highest BCUT2D eigenvalue weighted by Crippen LogP contribution is 2.26. The van der Waals surface area contributed by atoms with Crippen LogP contribution >= 0.6 is 11.5 Å². The van der Waals surface area contributed by atoms with E-state index in [2.05, 4.69) is 38.7 Å². The van der Waals surface area contributed by atoms with Crippen LogP contribution in [0, 0.1) is 12.7 Å². The van der Waals surface area contributed by atoms with Crippen molar-refractivity contribution in [2.24, 2.45) is 0 Å². The topological polar surface area (TPSA) is 53.9 Å². The monoisotopic (exact) mass is 355 g/mol. The normalized spacial score (nSPS) is 17.0. The maximum atomic E-state index is 13.9. The van der Waals surface area contributed by atoms with E-state index >= 15 is 0 Å². The summed E-state index contributed by atoms with van der Waals surface area (Å²) in [5, 5.41) is 4.21. The Morgan fingerprint density at radius 3 is 3.04 bits per heavy atom. The van der Waals surface area contributed by atoms with Crippen molar-refractivity contribution in [2.75, 3.05) is 23.3 Å². The second-order valence-electron chi connectivity index (χ2n) is 6.18. The van der Waals surface area contributed by atoms with Crippen LogP contribution in [0.2, 0.25) is 0 Å². The van der Waals surface area contributed by atoms with Crippen LogP contribution in [0.3, 0.4) is 0 Å². The molecule has 0 radical (unpaired) electrons. The average Bonchev–Trinajstić information content (AvgIpc) is 3.25. The van der Waals surface area contributed by atoms with Gasteiger partial charge in [0.15, 0.2) is 17.5 Å². The molecule has 2 aromatic heterocycles. The molecule has 4 rings (SSSR count). The molecule has 1 aliphatic rings. The standard InChI is InChI=1S/C18H18FN5S/c1-12-4-2-5-13(10-12)16-22-18(25-23-16)21-14-7-9-24(11-14)17-15(19)6-3-8-20-17/h2-6,8,10,14H,7,9,11H2,1H3,(H,21,22,23). The van der Waals surface area contributed by atoms with Crippen molar-refractivity contribution in [3.63, 3.8) is 0 Å². The van der Waals surface area contributed by atoms with Gasteiger partial charge in [0.2, 0.25) is 5.13 Å². The molecule has 3 aromatic rings. The Morgan fingerprint density at radius 1 is 1.28 bits per heavy atom. The number of hydrogen-bond donors (Lipinski definition) is 1. The third-order valence-electron chi connectivity index (χ3n) is 4.26. The number of anilines is 2. The Kier molecular flexibility index (Phi) is 4.31. The van der Waals surface area contributed by atoms with Crippen LogP contribution in [0.25, 0.3) is 11.4 Å². The second kappa shape index (κ2) is 6.76. The van der Waals surface area contributed by atoms with Gasteiger partial charge in [-0.2, -0.15) is 9.36 Å². The van der Waals surface area contributed by atoms with Crippen LogP contribution in [-0.4, -0.2) is 33.5 Å². The molecule has 0 saturated carbocycles. The number of aromatic nitrogens is 3. The van der Waals surface area contributed by atoms with Gasteiger partial charge in [0.05, 0.1) is 0 Å². The van der Waals surface area contributed by atoms with E-state index in [1.54, 1.807) is 12.3 Å². The largest absolute Gasteiger partial charge is 0.356 e. The van der Waals surface area contributed by atoms with Gasteiger partial charge in [0, 0.05) is 42.4 Å². The molecule has 0 aliphatic carbocycles. The molecule has 1 saturated heterocycles. The van der Waals surface area contributed by atoms with Gasteiger partial charge in [-0.3, -0.25) is 0 Å². The van der Waals surface area contributed by atoms with Gasteiger partial charge in [0.1, 0.15) is 0 Å². The first-order valence-electron chi connectivity index (χ1n) is 8.22. The first kappa shape index (κ1) is 16.0. The molecule has 5 nitrogen and oxygen atoms in total. The lowest BCUT2D eigenvalue weighted by Gasteiger charge is -2.17. The highest BCUT2D eigenvalue weighted by molar-refractivity contribution is 7.09. The van der Waals surface area contributed by atoms with Crippen LogP contribution in [0.4, 0.5) is 15.3 Å². The number of nitrogens with one attached hydrogen (secondary N) is 1. The summed E-state index contributed by atoms with van der Waals surface area (Å²) >= 11 is 1.36. The fraction of sp³-hybridized carbons (Fsp3) is 0.278. The van der Waals surface area contributed by atoms with Crippen molar-refractivity contribution >= 4 is 22.5 Å². The summed E-state index contributed by atoms with van der Waals surface area (Å²) in [4.78, 5) is 10.7. The van der Waals surface area contributed by atoms with E-state index < -0.39 is 0 Å². The zero-order chi connectivity index (χ0) is 17.2. The van der Waals surface area contributed by atoms with Crippen molar-refractivity contribution in [3.8, 4) is 11.4 Å². The summed E-state index contributed by atoms with van der Waals surface area (Å²) in [6.45, 7) is 3.53. The highest BCUT2D eigenvalue weighted by atomic mass is 32.1. The zero-order valence-corrected chi connectivity index (χ0v) is 14.6. The lowest BCUT2D eigenvalue weighted by molar-refractivity contribution is 0.615. The third kappa shape index (κ3) is 3.46.